The second kappa shape index (κ2) is 11.6. The number of aliphatic hydroxyl groups excluding tert-OH is 6. The molecule has 1 aromatic carbocycles. The topological polar surface area (TPSA) is 187 Å². The number of rotatable bonds is 9. The summed E-state index contributed by atoms with van der Waals surface area (Å²) in [5, 5.41) is 62.6. The Bertz CT molecular complexity index is 753. The zero-order valence-corrected chi connectivity index (χ0v) is 18.0. The van der Waals surface area contributed by atoms with E-state index in [1.54, 1.807) is 0 Å². The molecule has 0 unspecified atom stereocenters. The van der Waals surface area contributed by atoms with Crippen LogP contribution in [0.25, 0.3) is 0 Å². The lowest BCUT2D eigenvalue weighted by Crippen LogP contribution is -2.65. The second-order valence-corrected chi connectivity index (χ2v) is 8.04. The second-order valence-electron chi connectivity index (χ2n) is 8.04. The minimum absolute atomic E-state index is 0.107. The number of nitrogens with one attached hydrogen (secondary N) is 1. The highest BCUT2D eigenvalue weighted by atomic mass is 16.7. The van der Waals surface area contributed by atoms with Crippen molar-refractivity contribution < 1.29 is 54.4 Å². The molecule has 0 bridgehead atoms. The van der Waals surface area contributed by atoms with E-state index in [4.69, 9.17) is 24.1 Å². The smallest absolute Gasteiger partial charge is 0.217 e. The summed E-state index contributed by atoms with van der Waals surface area (Å²) < 4.78 is 22.5. The lowest BCUT2D eigenvalue weighted by atomic mass is 9.96. The third kappa shape index (κ3) is 6.05. The fourth-order valence-electron chi connectivity index (χ4n) is 3.88. The molecule has 0 aliphatic carbocycles. The monoisotopic (exact) mass is 473 g/mol. The molecule has 0 aromatic heterocycles. The molecular formula is C21H31NO11. The largest absolute Gasteiger partial charge is 0.394 e. The van der Waals surface area contributed by atoms with Gasteiger partial charge in [0.15, 0.2) is 12.6 Å². The van der Waals surface area contributed by atoms with Gasteiger partial charge in [-0.25, -0.2) is 0 Å². The molecule has 186 valence electrons. The zero-order valence-electron chi connectivity index (χ0n) is 18.0. The van der Waals surface area contributed by atoms with Gasteiger partial charge in [-0.05, 0) is 5.56 Å². The zero-order chi connectivity index (χ0) is 24.1. The van der Waals surface area contributed by atoms with Crippen LogP contribution in [0.1, 0.15) is 12.5 Å². The lowest BCUT2D eigenvalue weighted by Gasteiger charge is -2.44. The molecule has 1 aromatic rings. The molecule has 0 spiro atoms. The van der Waals surface area contributed by atoms with Crippen molar-refractivity contribution in [3.63, 3.8) is 0 Å². The van der Waals surface area contributed by atoms with Crippen LogP contribution in [0.15, 0.2) is 30.3 Å². The summed E-state index contributed by atoms with van der Waals surface area (Å²) in [6.45, 7) is 0.0276. The third-order valence-corrected chi connectivity index (χ3v) is 5.59. The van der Waals surface area contributed by atoms with Crippen LogP contribution in [-0.4, -0.2) is 111 Å². The van der Waals surface area contributed by atoms with E-state index in [-0.39, 0.29) is 6.61 Å². The van der Waals surface area contributed by atoms with Crippen LogP contribution in [0, 0.1) is 0 Å². The Balaban J connectivity index is 1.74. The molecular weight excluding hydrogens is 442 g/mol. The van der Waals surface area contributed by atoms with Gasteiger partial charge in [-0.1, -0.05) is 30.3 Å². The Morgan fingerprint density at radius 3 is 2.36 bits per heavy atom. The molecule has 2 aliphatic heterocycles. The number of hydrogen-bond donors (Lipinski definition) is 7. The molecule has 2 heterocycles. The summed E-state index contributed by atoms with van der Waals surface area (Å²) in [5.41, 5.74) is 0.820. The van der Waals surface area contributed by atoms with Gasteiger partial charge in [0.25, 0.3) is 0 Å². The summed E-state index contributed by atoms with van der Waals surface area (Å²) >= 11 is 0. The normalized spacial score (nSPS) is 37.6. The van der Waals surface area contributed by atoms with Crippen LogP contribution in [0.3, 0.4) is 0 Å². The molecule has 33 heavy (non-hydrogen) atoms. The van der Waals surface area contributed by atoms with Gasteiger partial charge in [-0.3, -0.25) is 4.79 Å². The molecule has 12 nitrogen and oxygen atoms in total. The number of hydrogen-bond acceptors (Lipinski definition) is 11. The summed E-state index contributed by atoms with van der Waals surface area (Å²) in [4.78, 5) is 11.8. The van der Waals surface area contributed by atoms with Crippen LogP contribution in [0.4, 0.5) is 0 Å². The molecule has 0 radical (unpaired) electrons. The Morgan fingerprint density at radius 2 is 1.76 bits per heavy atom. The summed E-state index contributed by atoms with van der Waals surface area (Å²) in [5.74, 6) is -0.476. The maximum absolute atomic E-state index is 11.8. The van der Waals surface area contributed by atoms with Gasteiger partial charge in [-0.2, -0.15) is 0 Å². The SMILES string of the molecule is CC(=O)N[C@H]1[C@@H](OCc2ccccc2)O[C@H](CO)[C@@H](O[C@@H]2O[C@@H]([C@@H](O)CO)[C@H](O)[C@H]2O)[C@@H]1O. The predicted octanol–water partition coefficient (Wildman–Crippen LogP) is -3.03. The van der Waals surface area contributed by atoms with Gasteiger partial charge in [0, 0.05) is 6.92 Å². The number of carbonyl (C=O) groups is 1. The summed E-state index contributed by atoms with van der Waals surface area (Å²) in [6.07, 6.45) is -12.6. The Hall–Kier alpha value is -1.71. The highest BCUT2D eigenvalue weighted by molar-refractivity contribution is 5.73. The van der Waals surface area contributed by atoms with Crippen molar-refractivity contribution in [1.82, 2.24) is 5.32 Å². The van der Waals surface area contributed by atoms with Crippen LogP contribution in [0.5, 0.6) is 0 Å². The van der Waals surface area contributed by atoms with Crippen molar-refractivity contribution in [3.05, 3.63) is 35.9 Å². The highest BCUT2D eigenvalue weighted by Gasteiger charge is 2.52. The molecule has 2 saturated heterocycles. The molecule has 0 saturated carbocycles. The fraction of sp³-hybridized carbons (Fsp3) is 0.667. The first-order chi connectivity index (χ1) is 15.8. The molecule has 10 atom stereocenters. The molecule has 12 heteroatoms. The first-order valence-corrected chi connectivity index (χ1v) is 10.6. The minimum Gasteiger partial charge on any atom is -0.394 e. The van der Waals surface area contributed by atoms with E-state index in [0.29, 0.717) is 0 Å². The maximum Gasteiger partial charge on any atom is 0.217 e. The minimum atomic E-state index is -1.62. The number of carbonyl (C=O) groups excluding carboxylic acids is 1. The van der Waals surface area contributed by atoms with E-state index in [1.165, 1.54) is 6.92 Å². The Kier molecular flexibility index (Phi) is 9.12. The van der Waals surface area contributed by atoms with Gasteiger partial charge in [0.1, 0.15) is 48.8 Å². The van der Waals surface area contributed by atoms with Gasteiger partial charge < -0.3 is 54.9 Å². The lowest BCUT2D eigenvalue weighted by molar-refractivity contribution is -0.310. The summed E-state index contributed by atoms with van der Waals surface area (Å²) in [7, 11) is 0. The molecule has 2 aliphatic rings. The predicted molar refractivity (Wildman–Crippen MR) is 109 cm³/mol. The quantitative estimate of drug-likeness (QED) is 0.193. The van der Waals surface area contributed by atoms with Crippen LogP contribution in [0.2, 0.25) is 0 Å². The first-order valence-electron chi connectivity index (χ1n) is 10.6. The fourth-order valence-corrected chi connectivity index (χ4v) is 3.88. The number of ether oxygens (including phenoxy) is 4. The van der Waals surface area contributed by atoms with E-state index in [1.807, 2.05) is 30.3 Å². The average Bonchev–Trinajstić information content (AvgIpc) is 3.09. The van der Waals surface area contributed by atoms with Crippen LogP contribution < -0.4 is 5.32 Å². The molecule has 3 rings (SSSR count). The van der Waals surface area contributed by atoms with Gasteiger partial charge in [0.05, 0.1) is 19.8 Å². The Labute approximate surface area is 190 Å². The highest BCUT2D eigenvalue weighted by Crippen LogP contribution is 2.31. The first kappa shape index (κ1) is 25.9. The number of benzene rings is 1. The van der Waals surface area contributed by atoms with E-state index in [2.05, 4.69) is 5.32 Å². The van der Waals surface area contributed by atoms with E-state index < -0.39 is 80.5 Å². The Morgan fingerprint density at radius 1 is 1.06 bits per heavy atom. The van der Waals surface area contributed by atoms with E-state index >= 15 is 0 Å². The standard InChI is InChI=1S/C21H31NO11/c1-10(25)22-14-15(27)19(33-21-17(29)16(28)18(32-21)12(26)7-23)13(8-24)31-20(14)30-9-11-5-3-2-4-6-11/h2-6,12-21,23-24,26-29H,7-9H2,1H3,(H,22,25)/t12-,13+,14+,15+,16+,17+,18-,19+,20-,21-/m0/s1. The maximum atomic E-state index is 11.8. The molecule has 7 N–H and O–H groups in total. The van der Waals surface area contributed by atoms with Crippen molar-refractivity contribution in [1.29, 1.82) is 0 Å². The van der Waals surface area contributed by atoms with Crippen molar-refractivity contribution in [3.8, 4) is 0 Å². The van der Waals surface area contributed by atoms with Gasteiger partial charge in [0.2, 0.25) is 5.91 Å². The van der Waals surface area contributed by atoms with Crippen molar-refractivity contribution >= 4 is 5.91 Å². The van der Waals surface area contributed by atoms with Crippen LogP contribution in [-0.2, 0) is 30.3 Å². The number of aliphatic hydroxyl groups is 6. The van der Waals surface area contributed by atoms with Crippen molar-refractivity contribution in [2.24, 2.45) is 0 Å². The number of amides is 1. The third-order valence-electron chi connectivity index (χ3n) is 5.59. The van der Waals surface area contributed by atoms with E-state index in [9.17, 15) is 30.3 Å². The van der Waals surface area contributed by atoms with Crippen molar-refractivity contribution in [2.45, 2.75) is 74.9 Å². The van der Waals surface area contributed by atoms with Crippen molar-refractivity contribution in [2.75, 3.05) is 13.2 Å². The van der Waals surface area contributed by atoms with Crippen LogP contribution >= 0.6 is 0 Å². The van der Waals surface area contributed by atoms with Gasteiger partial charge >= 0.3 is 0 Å². The molecule has 2 fully saturated rings. The summed E-state index contributed by atoms with van der Waals surface area (Å²) in [6, 6.07) is 8.04. The van der Waals surface area contributed by atoms with Gasteiger partial charge in [-0.15, -0.1) is 0 Å². The molecule has 1 amide bonds. The van der Waals surface area contributed by atoms with E-state index in [0.717, 1.165) is 5.56 Å². The average molecular weight is 473 g/mol.